The van der Waals surface area contributed by atoms with Crippen LogP contribution in [0.3, 0.4) is 0 Å². The predicted molar refractivity (Wildman–Crippen MR) is 96.3 cm³/mol. The molecule has 130 valence electrons. The van der Waals surface area contributed by atoms with Crippen molar-refractivity contribution in [3.8, 4) is 0 Å². The predicted octanol–water partition coefficient (Wildman–Crippen LogP) is 4.51. The number of benzene rings is 1. The van der Waals surface area contributed by atoms with E-state index < -0.39 is 5.41 Å². The maximum atomic E-state index is 12.4. The zero-order valence-electron chi connectivity index (χ0n) is 15.2. The Morgan fingerprint density at radius 1 is 1.22 bits per heavy atom. The van der Waals surface area contributed by atoms with Crippen LogP contribution in [0.4, 0.5) is 0 Å². The van der Waals surface area contributed by atoms with E-state index in [9.17, 15) is 4.79 Å². The Bertz CT molecular complexity index is 452. The molecule has 2 unspecified atom stereocenters. The van der Waals surface area contributed by atoms with Gasteiger partial charge in [0.05, 0.1) is 12.0 Å². The van der Waals surface area contributed by atoms with Crippen molar-refractivity contribution in [2.75, 3.05) is 13.2 Å². The Kier molecular flexibility index (Phi) is 8.32. The summed E-state index contributed by atoms with van der Waals surface area (Å²) in [6.07, 6.45) is 3.73. The highest BCUT2D eigenvalue weighted by molar-refractivity contribution is 5.76. The van der Waals surface area contributed by atoms with Gasteiger partial charge in [0.15, 0.2) is 0 Å². The summed E-state index contributed by atoms with van der Waals surface area (Å²) in [4.78, 5) is 12.4. The molecule has 0 aliphatic carbocycles. The Balaban J connectivity index is 2.89. The van der Waals surface area contributed by atoms with Crippen LogP contribution in [-0.4, -0.2) is 19.1 Å². The van der Waals surface area contributed by atoms with Gasteiger partial charge in [-0.1, -0.05) is 50.6 Å². The van der Waals surface area contributed by atoms with Gasteiger partial charge in [-0.05, 0) is 57.1 Å². The molecule has 1 aromatic carbocycles. The summed E-state index contributed by atoms with van der Waals surface area (Å²) < 4.78 is 5.39. The lowest BCUT2D eigenvalue weighted by Gasteiger charge is -2.30. The Labute approximate surface area is 141 Å². The van der Waals surface area contributed by atoms with Crippen molar-refractivity contribution in [3.05, 3.63) is 35.9 Å². The lowest BCUT2D eigenvalue weighted by atomic mass is 9.76. The first-order chi connectivity index (χ1) is 10.9. The minimum atomic E-state index is -0.484. The summed E-state index contributed by atoms with van der Waals surface area (Å²) in [5.74, 6) is 0.720. The highest BCUT2D eigenvalue weighted by atomic mass is 16.5. The normalized spacial score (nSPS) is 14.3. The second kappa shape index (κ2) is 9.71. The van der Waals surface area contributed by atoms with Crippen molar-refractivity contribution < 1.29 is 9.53 Å². The number of esters is 1. The largest absolute Gasteiger partial charge is 0.465 e. The molecule has 0 heterocycles. The van der Waals surface area contributed by atoms with Gasteiger partial charge in [-0.3, -0.25) is 4.79 Å². The zero-order valence-corrected chi connectivity index (χ0v) is 15.2. The van der Waals surface area contributed by atoms with E-state index in [0.29, 0.717) is 25.0 Å². The summed E-state index contributed by atoms with van der Waals surface area (Å²) in [5, 5.41) is 0. The summed E-state index contributed by atoms with van der Waals surface area (Å²) >= 11 is 0. The van der Waals surface area contributed by atoms with E-state index in [1.807, 2.05) is 26.8 Å². The van der Waals surface area contributed by atoms with E-state index in [2.05, 4.69) is 31.2 Å². The summed E-state index contributed by atoms with van der Waals surface area (Å²) in [7, 11) is 0. The monoisotopic (exact) mass is 319 g/mol. The van der Waals surface area contributed by atoms with Gasteiger partial charge in [-0.15, -0.1) is 0 Å². The number of ether oxygens (including phenoxy) is 1. The van der Waals surface area contributed by atoms with Gasteiger partial charge in [0.25, 0.3) is 0 Å². The molecule has 3 heteroatoms. The molecule has 0 fully saturated rings. The van der Waals surface area contributed by atoms with Crippen LogP contribution in [-0.2, 0) is 9.53 Å². The van der Waals surface area contributed by atoms with Gasteiger partial charge in [0, 0.05) is 0 Å². The highest BCUT2D eigenvalue weighted by Crippen LogP contribution is 2.37. The first-order valence-electron chi connectivity index (χ1n) is 8.86. The van der Waals surface area contributed by atoms with E-state index in [4.69, 9.17) is 10.5 Å². The standard InChI is InChI=1S/C20H33NO2/c1-5-12-23-19(22)20(3,4)14-18(13-16(6-2)15-21)17-10-8-7-9-11-17/h7-11,16,18H,5-6,12-15,21H2,1-4H3. The number of nitrogens with two attached hydrogens (primary N) is 1. The lowest BCUT2D eigenvalue weighted by Crippen LogP contribution is -2.30. The van der Waals surface area contributed by atoms with Gasteiger partial charge in [0.2, 0.25) is 0 Å². The topological polar surface area (TPSA) is 52.3 Å². The third-order valence-corrected chi connectivity index (χ3v) is 4.55. The summed E-state index contributed by atoms with van der Waals surface area (Å²) in [5.41, 5.74) is 6.71. The van der Waals surface area contributed by atoms with E-state index in [0.717, 1.165) is 25.7 Å². The second-order valence-electron chi connectivity index (χ2n) is 7.08. The molecule has 2 atom stereocenters. The molecule has 0 aromatic heterocycles. The molecule has 0 spiro atoms. The van der Waals surface area contributed by atoms with Crippen LogP contribution in [0.1, 0.15) is 64.9 Å². The molecule has 0 saturated heterocycles. The van der Waals surface area contributed by atoms with Crippen molar-refractivity contribution in [2.45, 2.75) is 59.3 Å². The molecule has 23 heavy (non-hydrogen) atoms. The molecule has 2 N–H and O–H groups in total. The minimum Gasteiger partial charge on any atom is -0.465 e. The van der Waals surface area contributed by atoms with Gasteiger partial charge < -0.3 is 10.5 Å². The fraction of sp³-hybridized carbons (Fsp3) is 0.650. The average molecular weight is 319 g/mol. The van der Waals surface area contributed by atoms with Crippen LogP contribution in [0.5, 0.6) is 0 Å². The molecule has 0 aliphatic rings. The summed E-state index contributed by atoms with van der Waals surface area (Å²) in [6, 6.07) is 10.5. The van der Waals surface area contributed by atoms with Crippen LogP contribution in [0.15, 0.2) is 30.3 Å². The molecule has 0 aliphatic heterocycles. The Morgan fingerprint density at radius 2 is 1.87 bits per heavy atom. The minimum absolute atomic E-state index is 0.0962. The molecule has 0 radical (unpaired) electrons. The van der Waals surface area contributed by atoms with E-state index >= 15 is 0 Å². The van der Waals surface area contributed by atoms with E-state index in [-0.39, 0.29) is 5.97 Å². The van der Waals surface area contributed by atoms with Crippen LogP contribution >= 0.6 is 0 Å². The fourth-order valence-electron chi connectivity index (χ4n) is 2.98. The molecule has 3 nitrogen and oxygen atoms in total. The Hall–Kier alpha value is -1.35. The van der Waals surface area contributed by atoms with E-state index in [1.165, 1.54) is 5.56 Å². The van der Waals surface area contributed by atoms with Gasteiger partial charge in [-0.2, -0.15) is 0 Å². The molecular weight excluding hydrogens is 286 g/mol. The molecular formula is C20H33NO2. The smallest absolute Gasteiger partial charge is 0.311 e. The number of rotatable bonds is 10. The molecule has 1 aromatic rings. The SMILES string of the molecule is CCCOC(=O)C(C)(C)CC(CC(CC)CN)c1ccccc1. The van der Waals surface area contributed by atoms with Crippen molar-refractivity contribution in [1.29, 1.82) is 0 Å². The third-order valence-electron chi connectivity index (χ3n) is 4.55. The van der Waals surface area contributed by atoms with E-state index in [1.54, 1.807) is 0 Å². The number of carbonyl (C=O) groups is 1. The van der Waals surface area contributed by atoms with Crippen molar-refractivity contribution in [1.82, 2.24) is 0 Å². The second-order valence-corrected chi connectivity index (χ2v) is 7.08. The van der Waals surface area contributed by atoms with Crippen LogP contribution in [0.25, 0.3) is 0 Å². The third kappa shape index (κ3) is 6.34. The first kappa shape index (κ1) is 19.7. The van der Waals surface area contributed by atoms with Crippen LogP contribution < -0.4 is 5.73 Å². The average Bonchev–Trinajstić information content (AvgIpc) is 2.56. The summed E-state index contributed by atoms with van der Waals surface area (Å²) in [6.45, 7) is 9.37. The lowest BCUT2D eigenvalue weighted by molar-refractivity contribution is -0.154. The van der Waals surface area contributed by atoms with Crippen molar-refractivity contribution in [3.63, 3.8) is 0 Å². The Morgan fingerprint density at radius 3 is 2.39 bits per heavy atom. The molecule has 0 saturated carbocycles. The zero-order chi connectivity index (χ0) is 17.3. The van der Waals surface area contributed by atoms with Gasteiger partial charge in [0.1, 0.15) is 0 Å². The maximum Gasteiger partial charge on any atom is 0.311 e. The van der Waals surface area contributed by atoms with Gasteiger partial charge in [-0.25, -0.2) is 0 Å². The number of hydrogen-bond acceptors (Lipinski definition) is 3. The quantitative estimate of drug-likeness (QED) is 0.645. The maximum absolute atomic E-state index is 12.4. The van der Waals surface area contributed by atoms with Crippen molar-refractivity contribution >= 4 is 5.97 Å². The number of carbonyl (C=O) groups excluding carboxylic acids is 1. The van der Waals surface area contributed by atoms with Crippen molar-refractivity contribution in [2.24, 2.45) is 17.1 Å². The molecule has 0 amide bonds. The van der Waals surface area contributed by atoms with Crippen LogP contribution in [0, 0.1) is 11.3 Å². The first-order valence-corrected chi connectivity index (χ1v) is 8.86. The highest BCUT2D eigenvalue weighted by Gasteiger charge is 2.33. The van der Waals surface area contributed by atoms with Gasteiger partial charge >= 0.3 is 5.97 Å². The fourth-order valence-corrected chi connectivity index (χ4v) is 2.98. The number of hydrogen-bond donors (Lipinski definition) is 1. The molecule has 0 bridgehead atoms. The molecule has 1 rings (SSSR count). The van der Waals surface area contributed by atoms with Crippen LogP contribution in [0.2, 0.25) is 0 Å².